The summed E-state index contributed by atoms with van der Waals surface area (Å²) >= 11 is 0. The zero-order valence-corrected chi connectivity index (χ0v) is 19.3. The monoisotopic (exact) mass is 465 g/mol. The summed E-state index contributed by atoms with van der Waals surface area (Å²) in [4.78, 5) is 40.3. The molecule has 1 fully saturated rings. The van der Waals surface area contributed by atoms with Gasteiger partial charge in [0.05, 0.1) is 5.56 Å². The lowest BCUT2D eigenvalue weighted by Crippen LogP contribution is -2.67. The second-order valence-electron chi connectivity index (χ2n) is 8.36. The van der Waals surface area contributed by atoms with E-state index in [2.05, 4.69) is 11.4 Å². The van der Waals surface area contributed by atoms with Crippen molar-refractivity contribution in [2.75, 3.05) is 0 Å². The Kier molecular flexibility index (Phi) is 6.47. The van der Waals surface area contributed by atoms with Crippen molar-refractivity contribution < 1.29 is 19.1 Å². The number of amides is 3. The molecule has 3 aromatic carbocycles. The minimum absolute atomic E-state index is 0.0413. The van der Waals surface area contributed by atoms with E-state index in [1.54, 1.807) is 55.5 Å². The molecule has 3 amide bonds. The van der Waals surface area contributed by atoms with Gasteiger partial charge in [0, 0.05) is 18.9 Å². The molecule has 1 aliphatic rings. The van der Waals surface area contributed by atoms with Crippen LogP contribution >= 0.6 is 0 Å². The summed E-state index contributed by atoms with van der Waals surface area (Å²) in [6.07, 6.45) is 1.66. The third-order valence-corrected chi connectivity index (χ3v) is 5.82. The van der Waals surface area contributed by atoms with Gasteiger partial charge in [0.1, 0.15) is 28.8 Å². The van der Waals surface area contributed by atoms with Gasteiger partial charge in [-0.25, -0.2) is 0 Å². The SMILES string of the molecule is CC(=O)N1C(=O)/C(=C/c2ccccc2Oc2ccccc2C#N)NC(=O)C1(C)Cc1ccccc1. The lowest BCUT2D eigenvalue weighted by atomic mass is 9.87. The Morgan fingerprint density at radius 2 is 1.63 bits per heavy atom. The minimum atomic E-state index is -1.39. The van der Waals surface area contributed by atoms with Crippen LogP contribution in [-0.4, -0.2) is 28.2 Å². The van der Waals surface area contributed by atoms with Crippen molar-refractivity contribution in [1.82, 2.24) is 10.2 Å². The van der Waals surface area contributed by atoms with Crippen LogP contribution in [0.5, 0.6) is 11.5 Å². The normalized spacial score (nSPS) is 18.7. The van der Waals surface area contributed by atoms with Gasteiger partial charge in [-0.3, -0.25) is 19.3 Å². The number of para-hydroxylation sites is 2. The summed E-state index contributed by atoms with van der Waals surface area (Å²) in [7, 11) is 0. The quantitative estimate of drug-likeness (QED) is 0.570. The van der Waals surface area contributed by atoms with Crippen LogP contribution in [0.3, 0.4) is 0 Å². The second kappa shape index (κ2) is 9.65. The van der Waals surface area contributed by atoms with Crippen molar-refractivity contribution in [3.8, 4) is 17.6 Å². The molecule has 0 aliphatic carbocycles. The maximum Gasteiger partial charge on any atom is 0.277 e. The first-order valence-electron chi connectivity index (χ1n) is 11.0. The lowest BCUT2D eigenvalue weighted by molar-refractivity contribution is -0.158. The summed E-state index contributed by atoms with van der Waals surface area (Å²) in [6.45, 7) is 2.86. The number of hydrogen-bond donors (Lipinski definition) is 1. The zero-order chi connectivity index (χ0) is 25.0. The molecule has 1 N–H and O–H groups in total. The van der Waals surface area contributed by atoms with Crippen molar-refractivity contribution in [3.05, 3.63) is 101 Å². The molecule has 1 aliphatic heterocycles. The third kappa shape index (κ3) is 4.68. The van der Waals surface area contributed by atoms with Gasteiger partial charge in [-0.15, -0.1) is 0 Å². The fourth-order valence-corrected chi connectivity index (χ4v) is 4.11. The van der Waals surface area contributed by atoms with E-state index in [4.69, 9.17) is 4.74 Å². The molecule has 1 unspecified atom stereocenters. The molecule has 3 aromatic rings. The van der Waals surface area contributed by atoms with Gasteiger partial charge in [-0.1, -0.05) is 60.7 Å². The Morgan fingerprint density at radius 3 is 2.31 bits per heavy atom. The number of carbonyl (C=O) groups is 3. The summed E-state index contributed by atoms with van der Waals surface area (Å²) in [5.41, 5.74) is 0.256. The third-order valence-electron chi connectivity index (χ3n) is 5.82. The average molecular weight is 466 g/mol. The Morgan fingerprint density at radius 1 is 1.00 bits per heavy atom. The van der Waals surface area contributed by atoms with Crippen molar-refractivity contribution in [3.63, 3.8) is 0 Å². The fraction of sp³-hybridized carbons (Fsp3) is 0.143. The standard InChI is InChI=1S/C28H23N3O4/c1-19(32)31-26(33)23(30-27(34)28(31,2)17-20-10-4-3-5-11-20)16-21-12-6-8-14-24(21)35-25-15-9-7-13-22(25)18-29/h3-16H,17H2,1-2H3,(H,30,34)/b23-16-. The van der Waals surface area contributed by atoms with Crippen molar-refractivity contribution in [2.24, 2.45) is 0 Å². The van der Waals surface area contributed by atoms with Crippen molar-refractivity contribution in [2.45, 2.75) is 25.8 Å². The Hall–Kier alpha value is -4.70. The number of rotatable bonds is 5. The van der Waals surface area contributed by atoms with Crippen LogP contribution in [0.4, 0.5) is 0 Å². The van der Waals surface area contributed by atoms with E-state index in [9.17, 15) is 19.6 Å². The van der Waals surface area contributed by atoms with Crippen molar-refractivity contribution in [1.29, 1.82) is 5.26 Å². The molecular weight excluding hydrogens is 442 g/mol. The molecule has 0 bridgehead atoms. The molecule has 174 valence electrons. The molecular formula is C28H23N3O4. The molecule has 0 saturated carbocycles. The van der Waals surface area contributed by atoms with Gasteiger partial charge < -0.3 is 10.1 Å². The number of imide groups is 1. The van der Waals surface area contributed by atoms with E-state index in [0.29, 0.717) is 22.6 Å². The summed E-state index contributed by atoms with van der Waals surface area (Å²) in [5.74, 6) is -0.850. The van der Waals surface area contributed by atoms with E-state index in [1.165, 1.54) is 13.0 Å². The summed E-state index contributed by atoms with van der Waals surface area (Å²) in [6, 6.07) is 25.0. The number of hydrogen-bond acceptors (Lipinski definition) is 5. The van der Waals surface area contributed by atoms with Crippen LogP contribution < -0.4 is 10.1 Å². The van der Waals surface area contributed by atoms with E-state index < -0.39 is 23.3 Å². The molecule has 0 radical (unpaired) electrons. The Bertz CT molecular complexity index is 1370. The molecule has 1 heterocycles. The molecule has 0 aromatic heterocycles. The average Bonchev–Trinajstić information content (AvgIpc) is 2.84. The Balaban J connectivity index is 1.70. The van der Waals surface area contributed by atoms with Crippen LogP contribution in [0, 0.1) is 11.3 Å². The highest BCUT2D eigenvalue weighted by Gasteiger charge is 2.49. The van der Waals surface area contributed by atoms with Gasteiger partial charge in [0.15, 0.2) is 0 Å². The number of carbonyl (C=O) groups excluding carboxylic acids is 3. The van der Waals surface area contributed by atoms with E-state index in [1.807, 2.05) is 30.3 Å². The van der Waals surface area contributed by atoms with Crippen LogP contribution in [0.25, 0.3) is 6.08 Å². The van der Waals surface area contributed by atoms with E-state index in [0.717, 1.165) is 10.5 Å². The minimum Gasteiger partial charge on any atom is -0.455 e. The van der Waals surface area contributed by atoms with Crippen LogP contribution in [0.2, 0.25) is 0 Å². The maximum absolute atomic E-state index is 13.4. The highest BCUT2D eigenvalue weighted by atomic mass is 16.5. The van der Waals surface area contributed by atoms with Gasteiger partial charge in [-0.05, 0) is 36.8 Å². The summed E-state index contributed by atoms with van der Waals surface area (Å²) < 4.78 is 5.96. The topological polar surface area (TPSA) is 99.5 Å². The van der Waals surface area contributed by atoms with Gasteiger partial charge in [0.2, 0.25) is 5.91 Å². The first kappa shape index (κ1) is 23.5. The molecule has 4 rings (SSSR count). The molecule has 1 saturated heterocycles. The first-order chi connectivity index (χ1) is 16.8. The largest absolute Gasteiger partial charge is 0.455 e. The number of benzene rings is 3. The zero-order valence-electron chi connectivity index (χ0n) is 19.3. The van der Waals surface area contributed by atoms with E-state index in [-0.39, 0.29) is 12.1 Å². The highest BCUT2D eigenvalue weighted by molar-refractivity contribution is 6.15. The number of nitrogens with zero attached hydrogens (tertiary/aromatic N) is 2. The summed E-state index contributed by atoms with van der Waals surface area (Å²) in [5, 5.41) is 12.0. The predicted octanol–water partition coefficient (Wildman–Crippen LogP) is 4.20. The number of nitrogens with one attached hydrogen (secondary N) is 1. The predicted molar refractivity (Wildman–Crippen MR) is 130 cm³/mol. The highest BCUT2D eigenvalue weighted by Crippen LogP contribution is 2.32. The van der Waals surface area contributed by atoms with Crippen molar-refractivity contribution >= 4 is 23.8 Å². The van der Waals surface area contributed by atoms with E-state index >= 15 is 0 Å². The number of nitriles is 1. The maximum atomic E-state index is 13.4. The van der Waals surface area contributed by atoms with Crippen LogP contribution in [0.15, 0.2) is 84.6 Å². The van der Waals surface area contributed by atoms with Crippen LogP contribution in [0.1, 0.15) is 30.5 Å². The van der Waals surface area contributed by atoms with Gasteiger partial charge >= 0.3 is 0 Å². The molecule has 35 heavy (non-hydrogen) atoms. The van der Waals surface area contributed by atoms with Crippen LogP contribution in [-0.2, 0) is 20.8 Å². The fourth-order valence-electron chi connectivity index (χ4n) is 4.11. The number of piperazine rings is 1. The molecule has 0 spiro atoms. The second-order valence-corrected chi connectivity index (χ2v) is 8.36. The molecule has 7 heteroatoms. The molecule has 7 nitrogen and oxygen atoms in total. The smallest absolute Gasteiger partial charge is 0.277 e. The molecule has 1 atom stereocenters. The first-order valence-corrected chi connectivity index (χ1v) is 11.0. The van der Waals surface area contributed by atoms with Gasteiger partial charge in [0.25, 0.3) is 11.8 Å². The number of ether oxygens (including phenoxy) is 1. The Labute approximate surface area is 203 Å². The lowest BCUT2D eigenvalue weighted by Gasteiger charge is -2.42. The van der Waals surface area contributed by atoms with Gasteiger partial charge in [-0.2, -0.15) is 5.26 Å².